The highest BCUT2D eigenvalue weighted by atomic mass is 16.5. The maximum atomic E-state index is 9.67. The van der Waals surface area contributed by atoms with Crippen molar-refractivity contribution >= 4 is 0 Å². The SMILES string of the molecule is CC(C)[C@H]1O[C@@H](C(C)C)[C@@H](O)[C@@H]1O. The van der Waals surface area contributed by atoms with Crippen LogP contribution in [0, 0.1) is 11.8 Å². The van der Waals surface area contributed by atoms with E-state index >= 15 is 0 Å². The third kappa shape index (κ3) is 2.03. The van der Waals surface area contributed by atoms with Crippen LogP contribution in [0.2, 0.25) is 0 Å². The molecule has 0 aromatic carbocycles. The number of ether oxygens (including phenoxy) is 1. The van der Waals surface area contributed by atoms with E-state index in [9.17, 15) is 10.2 Å². The Labute approximate surface area is 79.7 Å². The van der Waals surface area contributed by atoms with Crippen molar-refractivity contribution < 1.29 is 14.9 Å². The molecule has 1 aliphatic heterocycles. The first-order valence-corrected chi connectivity index (χ1v) is 4.96. The van der Waals surface area contributed by atoms with Crippen molar-refractivity contribution in [2.45, 2.75) is 52.1 Å². The van der Waals surface area contributed by atoms with E-state index < -0.39 is 12.2 Å². The molecule has 4 atom stereocenters. The molecule has 1 rings (SSSR count). The van der Waals surface area contributed by atoms with Crippen molar-refractivity contribution in [2.75, 3.05) is 0 Å². The summed E-state index contributed by atoms with van der Waals surface area (Å²) in [5, 5.41) is 19.3. The molecule has 3 nitrogen and oxygen atoms in total. The Morgan fingerprint density at radius 2 is 1.15 bits per heavy atom. The molecule has 0 saturated carbocycles. The molecule has 0 amide bonds. The fourth-order valence-corrected chi connectivity index (χ4v) is 1.83. The van der Waals surface area contributed by atoms with Gasteiger partial charge < -0.3 is 14.9 Å². The summed E-state index contributed by atoms with van der Waals surface area (Å²) in [5.41, 5.74) is 0. The minimum atomic E-state index is -0.729. The molecule has 0 aromatic rings. The molecule has 0 aromatic heterocycles. The lowest BCUT2D eigenvalue weighted by Gasteiger charge is -2.19. The molecular formula is C10H20O3. The summed E-state index contributed by atoms with van der Waals surface area (Å²) in [4.78, 5) is 0. The fraction of sp³-hybridized carbons (Fsp3) is 1.00. The average Bonchev–Trinajstić information content (AvgIpc) is 2.29. The summed E-state index contributed by atoms with van der Waals surface area (Å²) in [6, 6.07) is 0. The Hall–Kier alpha value is -0.120. The second-order valence-corrected chi connectivity index (χ2v) is 4.53. The quantitative estimate of drug-likeness (QED) is 0.673. The molecule has 0 unspecified atom stereocenters. The van der Waals surface area contributed by atoms with Gasteiger partial charge in [0.05, 0.1) is 12.2 Å². The molecule has 2 N–H and O–H groups in total. The first-order chi connectivity index (χ1) is 5.95. The summed E-state index contributed by atoms with van der Waals surface area (Å²) in [6.07, 6.45) is -1.90. The van der Waals surface area contributed by atoms with E-state index in [2.05, 4.69) is 0 Å². The van der Waals surface area contributed by atoms with Gasteiger partial charge in [0.2, 0.25) is 0 Å². The highest BCUT2D eigenvalue weighted by molar-refractivity contribution is 4.92. The lowest BCUT2D eigenvalue weighted by Crippen LogP contribution is -2.35. The first kappa shape index (κ1) is 11.0. The molecule has 78 valence electrons. The normalized spacial score (nSPS) is 40.6. The molecule has 3 heteroatoms. The van der Waals surface area contributed by atoms with Crippen molar-refractivity contribution in [1.82, 2.24) is 0 Å². The summed E-state index contributed by atoms with van der Waals surface area (Å²) in [6.45, 7) is 7.96. The number of aliphatic hydroxyl groups excluding tert-OH is 2. The van der Waals surface area contributed by atoms with Crippen molar-refractivity contribution in [1.29, 1.82) is 0 Å². The second-order valence-electron chi connectivity index (χ2n) is 4.53. The number of hydrogen-bond acceptors (Lipinski definition) is 3. The van der Waals surface area contributed by atoms with E-state index in [0.717, 1.165) is 0 Å². The van der Waals surface area contributed by atoms with Crippen LogP contribution < -0.4 is 0 Å². The standard InChI is InChI=1S/C10H20O3/c1-5(2)9-7(11)8(12)10(13-9)6(3)4/h5-12H,1-4H3/t7-,8-,9-,10+/m0/s1. The zero-order valence-electron chi connectivity index (χ0n) is 8.77. The number of aliphatic hydroxyl groups is 2. The molecular weight excluding hydrogens is 168 g/mol. The van der Waals surface area contributed by atoms with Gasteiger partial charge in [0.1, 0.15) is 12.2 Å². The van der Waals surface area contributed by atoms with Crippen LogP contribution in [-0.2, 0) is 4.74 Å². The Morgan fingerprint density at radius 1 is 0.846 bits per heavy atom. The van der Waals surface area contributed by atoms with E-state index in [4.69, 9.17) is 4.74 Å². The predicted octanol–water partition coefficient (Wildman–Crippen LogP) is 0.788. The van der Waals surface area contributed by atoms with Crippen LogP contribution >= 0.6 is 0 Å². The van der Waals surface area contributed by atoms with Crippen LogP contribution in [0.15, 0.2) is 0 Å². The molecule has 1 fully saturated rings. The monoisotopic (exact) mass is 188 g/mol. The van der Waals surface area contributed by atoms with E-state index in [1.165, 1.54) is 0 Å². The molecule has 1 aliphatic rings. The first-order valence-electron chi connectivity index (χ1n) is 4.96. The van der Waals surface area contributed by atoms with Gasteiger partial charge in [-0.05, 0) is 11.8 Å². The summed E-state index contributed by atoms with van der Waals surface area (Å²) in [5.74, 6) is 0.488. The molecule has 0 bridgehead atoms. The molecule has 1 saturated heterocycles. The van der Waals surface area contributed by atoms with Gasteiger partial charge in [0.15, 0.2) is 0 Å². The van der Waals surface area contributed by atoms with Gasteiger partial charge >= 0.3 is 0 Å². The molecule has 1 heterocycles. The van der Waals surface area contributed by atoms with Gasteiger partial charge in [0, 0.05) is 0 Å². The predicted molar refractivity (Wildman–Crippen MR) is 50.4 cm³/mol. The molecule has 0 spiro atoms. The van der Waals surface area contributed by atoms with Gasteiger partial charge in [-0.1, -0.05) is 27.7 Å². The van der Waals surface area contributed by atoms with Gasteiger partial charge in [0.25, 0.3) is 0 Å². The number of rotatable bonds is 2. The zero-order valence-corrected chi connectivity index (χ0v) is 8.77. The van der Waals surface area contributed by atoms with Gasteiger partial charge in [-0.2, -0.15) is 0 Å². The van der Waals surface area contributed by atoms with Gasteiger partial charge in [-0.15, -0.1) is 0 Å². The van der Waals surface area contributed by atoms with Crippen molar-refractivity contribution in [3.63, 3.8) is 0 Å². The van der Waals surface area contributed by atoms with Gasteiger partial charge in [-0.3, -0.25) is 0 Å². The van der Waals surface area contributed by atoms with E-state index in [-0.39, 0.29) is 24.0 Å². The zero-order chi connectivity index (χ0) is 10.2. The van der Waals surface area contributed by atoms with Crippen LogP contribution in [0.25, 0.3) is 0 Å². The van der Waals surface area contributed by atoms with Crippen molar-refractivity contribution in [2.24, 2.45) is 11.8 Å². The number of hydrogen-bond donors (Lipinski definition) is 2. The lowest BCUT2D eigenvalue weighted by molar-refractivity contribution is -0.0340. The van der Waals surface area contributed by atoms with Gasteiger partial charge in [-0.25, -0.2) is 0 Å². The fourth-order valence-electron chi connectivity index (χ4n) is 1.83. The Bertz CT molecular complexity index is 150. The highest BCUT2D eigenvalue weighted by Gasteiger charge is 2.44. The average molecular weight is 188 g/mol. The third-order valence-electron chi connectivity index (χ3n) is 2.65. The summed E-state index contributed by atoms with van der Waals surface area (Å²) >= 11 is 0. The highest BCUT2D eigenvalue weighted by Crippen LogP contribution is 2.30. The third-order valence-corrected chi connectivity index (χ3v) is 2.65. The van der Waals surface area contributed by atoms with Crippen LogP contribution in [-0.4, -0.2) is 34.6 Å². The maximum absolute atomic E-state index is 9.67. The topological polar surface area (TPSA) is 49.7 Å². The molecule has 0 radical (unpaired) electrons. The minimum absolute atomic E-state index is 0.220. The lowest BCUT2D eigenvalue weighted by atomic mass is 9.96. The van der Waals surface area contributed by atoms with Crippen LogP contribution in [0.5, 0.6) is 0 Å². The largest absolute Gasteiger partial charge is 0.388 e. The maximum Gasteiger partial charge on any atom is 0.109 e. The smallest absolute Gasteiger partial charge is 0.109 e. The second kappa shape index (κ2) is 3.95. The van der Waals surface area contributed by atoms with E-state index in [1.54, 1.807) is 0 Å². The Balaban J connectivity index is 2.66. The minimum Gasteiger partial charge on any atom is -0.388 e. The summed E-state index contributed by atoms with van der Waals surface area (Å²) in [7, 11) is 0. The van der Waals surface area contributed by atoms with Crippen LogP contribution in [0.4, 0.5) is 0 Å². The van der Waals surface area contributed by atoms with E-state index in [1.807, 2.05) is 27.7 Å². The van der Waals surface area contributed by atoms with E-state index in [0.29, 0.717) is 0 Å². The van der Waals surface area contributed by atoms with Crippen molar-refractivity contribution in [3.05, 3.63) is 0 Å². The van der Waals surface area contributed by atoms with Crippen LogP contribution in [0.1, 0.15) is 27.7 Å². The van der Waals surface area contributed by atoms with Crippen LogP contribution in [0.3, 0.4) is 0 Å². The molecule has 13 heavy (non-hydrogen) atoms. The summed E-state index contributed by atoms with van der Waals surface area (Å²) < 4.78 is 5.61. The Morgan fingerprint density at radius 3 is 1.31 bits per heavy atom. The molecule has 0 aliphatic carbocycles. The van der Waals surface area contributed by atoms with Crippen molar-refractivity contribution in [3.8, 4) is 0 Å². The Kier molecular flexibility index (Phi) is 3.33.